The van der Waals surface area contributed by atoms with Crippen molar-refractivity contribution >= 4 is 34.4 Å². The molecule has 178 valence electrons. The standard InChI is InChI=1S/C25H34N4O3S/c1-8-11-19(26)22-15(4)24(31)28-23(27-22)18-14-17(12-13-20(18)32-10-3)29(16(5)33)25(6,7)21(30)9-2/h12-14,26H,8-11H2,1-7H3,(H,27,28,31). The molecular formula is C25H34N4O3S. The van der Waals surface area contributed by atoms with Gasteiger partial charge >= 0.3 is 0 Å². The summed E-state index contributed by atoms with van der Waals surface area (Å²) in [7, 11) is 0. The quantitative estimate of drug-likeness (QED) is 0.365. The molecule has 0 saturated heterocycles. The van der Waals surface area contributed by atoms with Crippen LogP contribution in [0, 0.1) is 12.3 Å². The van der Waals surface area contributed by atoms with E-state index in [9.17, 15) is 9.59 Å². The van der Waals surface area contributed by atoms with E-state index in [0.29, 0.717) is 64.2 Å². The number of Topliss-reactive ketones (excluding diaryl/α,β-unsaturated/α-hetero) is 1. The van der Waals surface area contributed by atoms with Crippen molar-refractivity contribution in [3.8, 4) is 17.1 Å². The number of nitrogens with zero attached hydrogens (tertiary/aromatic N) is 2. The van der Waals surface area contributed by atoms with E-state index in [-0.39, 0.29) is 11.3 Å². The number of nitrogens with one attached hydrogen (secondary N) is 2. The maximum Gasteiger partial charge on any atom is 0.254 e. The Morgan fingerprint density at radius 3 is 2.48 bits per heavy atom. The SMILES string of the molecule is CCCC(=N)c1nc(-c2cc(N(C(C)=S)C(C)(C)C(=O)CC)ccc2OCC)[nH]c(=O)c1C. The van der Waals surface area contributed by atoms with Crippen molar-refractivity contribution < 1.29 is 9.53 Å². The van der Waals surface area contributed by atoms with Gasteiger partial charge in [0.05, 0.1) is 34.1 Å². The summed E-state index contributed by atoms with van der Waals surface area (Å²) >= 11 is 5.52. The van der Waals surface area contributed by atoms with Crippen molar-refractivity contribution in [2.45, 2.75) is 73.3 Å². The number of hydrogen-bond acceptors (Lipinski definition) is 6. The minimum Gasteiger partial charge on any atom is -0.493 e. The number of ether oxygens (including phenoxy) is 1. The lowest BCUT2D eigenvalue weighted by molar-refractivity contribution is -0.122. The normalized spacial score (nSPS) is 11.2. The van der Waals surface area contributed by atoms with E-state index < -0.39 is 5.54 Å². The first-order valence-corrected chi connectivity index (χ1v) is 11.7. The Morgan fingerprint density at radius 1 is 1.27 bits per heavy atom. The van der Waals surface area contributed by atoms with E-state index in [2.05, 4.69) is 9.97 Å². The topological polar surface area (TPSA) is 99.1 Å². The Balaban J connectivity index is 2.77. The molecule has 1 aromatic carbocycles. The van der Waals surface area contributed by atoms with Crippen molar-refractivity contribution in [1.29, 1.82) is 5.41 Å². The van der Waals surface area contributed by atoms with Crippen molar-refractivity contribution in [2.75, 3.05) is 11.5 Å². The average Bonchev–Trinajstić information content (AvgIpc) is 2.75. The summed E-state index contributed by atoms with van der Waals surface area (Å²) in [4.78, 5) is 35.3. The Morgan fingerprint density at radius 2 is 1.94 bits per heavy atom. The Labute approximate surface area is 201 Å². The molecule has 33 heavy (non-hydrogen) atoms. The number of carbonyl (C=O) groups is 1. The maximum atomic E-state index is 12.7. The first-order valence-electron chi connectivity index (χ1n) is 11.3. The third-order valence-electron chi connectivity index (χ3n) is 5.59. The Kier molecular flexibility index (Phi) is 8.66. The van der Waals surface area contributed by atoms with Crippen molar-refractivity contribution in [2.24, 2.45) is 0 Å². The van der Waals surface area contributed by atoms with Crippen molar-refractivity contribution in [3.05, 3.63) is 39.8 Å². The number of hydrogen-bond donors (Lipinski definition) is 2. The number of H-pyrrole nitrogens is 1. The number of ketones is 1. The van der Waals surface area contributed by atoms with Gasteiger partial charge in [-0.2, -0.15) is 0 Å². The number of anilines is 1. The predicted molar refractivity (Wildman–Crippen MR) is 138 cm³/mol. The minimum atomic E-state index is -0.854. The van der Waals surface area contributed by atoms with Crippen LogP contribution in [0.3, 0.4) is 0 Å². The highest BCUT2D eigenvalue weighted by Crippen LogP contribution is 2.35. The van der Waals surface area contributed by atoms with Gasteiger partial charge in [-0.3, -0.25) is 9.59 Å². The molecular weight excluding hydrogens is 436 g/mol. The van der Waals surface area contributed by atoms with Gasteiger partial charge in [0.15, 0.2) is 5.78 Å². The number of rotatable bonds is 10. The largest absolute Gasteiger partial charge is 0.493 e. The number of benzene rings is 1. The molecule has 0 fully saturated rings. The molecule has 0 bridgehead atoms. The van der Waals surface area contributed by atoms with E-state index in [1.807, 2.05) is 51.7 Å². The summed E-state index contributed by atoms with van der Waals surface area (Å²) in [5, 5.41) is 8.37. The van der Waals surface area contributed by atoms with Gasteiger partial charge in [0.25, 0.3) is 5.56 Å². The molecule has 0 aliphatic heterocycles. The van der Waals surface area contributed by atoms with Crippen LogP contribution in [0.1, 0.15) is 72.1 Å². The fourth-order valence-electron chi connectivity index (χ4n) is 3.90. The zero-order valence-corrected chi connectivity index (χ0v) is 21.4. The minimum absolute atomic E-state index is 0.0549. The molecule has 0 radical (unpaired) electrons. The highest BCUT2D eigenvalue weighted by atomic mass is 32.1. The summed E-state index contributed by atoms with van der Waals surface area (Å²) in [5.74, 6) is 0.912. The van der Waals surface area contributed by atoms with E-state index >= 15 is 0 Å². The maximum absolute atomic E-state index is 12.7. The number of carbonyl (C=O) groups excluding carboxylic acids is 1. The lowest BCUT2D eigenvalue weighted by Crippen LogP contribution is -2.52. The second-order valence-electron chi connectivity index (χ2n) is 8.42. The third kappa shape index (κ3) is 5.55. The van der Waals surface area contributed by atoms with Gasteiger partial charge in [-0.1, -0.05) is 32.5 Å². The van der Waals surface area contributed by atoms with Crippen LogP contribution >= 0.6 is 12.2 Å². The monoisotopic (exact) mass is 470 g/mol. The van der Waals surface area contributed by atoms with Crippen LogP contribution in [0.4, 0.5) is 5.69 Å². The molecule has 7 nitrogen and oxygen atoms in total. The second kappa shape index (κ2) is 10.8. The Bertz CT molecular complexity index is 1120. The van der Waals surface area contributed by atoms with E-state index in [4.69, 9.17) is 22.4 Å². The lowest BCUT2D eigenvalue weighted by Gasteiger charge is -2.38. The van der Waals surface area contributed by atoms with Gasteiger partial charge in [-0.25, -0.2) is 4.98 Å². The van der Waals surface area contributed by atoms with Gasteiger partial charge in [0, 0.05) is 17.7 Å². The molecule has 0 unspecified atom stereocenters. The molecule has 1 aromatic heterocycles. The fraction of sp³-hybridized carbons (Fsp3) is 0.480. The average molecular weight is 471 g/mol. The van der Waals surface area contributed by atoms with E-state index in [0.717, 1.165) is 6.42 Å². The molecule has 0 spiro atoms. The van der Waals surface area contributed by atoms with Crippen LogP contribution < -0.4 is 15.2 Å². The van der Waals surface area contributed by atoms with E-state index in [1.54, 1.807) is 19.9 Å². The number of thiocarbonyl (C=S) groups is 1. The van der Waals surface area contributed by atoms with Gasteiger partial charge < -0.3 is 20.0 Å². The van der Waals surface area contributed by atoms with Crippen LogP contribution in [-0.4, -0.2) is 38.6 Å². The van der Waals surface area contributed by atoms with Crippen LogP contribution in [0.25, 0.3) is 11.4 Å². The summed E-state index contributed by atoms with van der Waals surface area (Å²) in [6.07, 6.45) is 1.69. The molecule has 2 N–H and O–H groups in total. The van der Waals surface area contributed by atoms with Gasteiger partial charge in [0.2, 0.25) is 0 Å². The van der Waals surface area contributed by atoms with Gasteiger partial charge in [0.1, 0.15) is 11.6 Å². The first kappa shape index (κ1) is 26.4. The molecule has 8 heteroatoms. The number of aromatic amines is 1. The summed E-state index contributed by atoms with van der Waals surface area (Å²) in [6, 6.07) is 5.47. The molecule has 1 heterocycles. The highest BCUT2D eigenvalue weighted by Gasteiger charge is 2.35. The second-order valence-corrected chi connectivity index (χ2v) is 9.01. The Hall–Kier alpha value is -2.87. The summed E-state index contributed by atoms with van der Waals surface area (Å²) in [5.41, 5.74) is 1.23. The molecule has 0 aliphatic carbocycles. The molecule has 0 amide bonds. The third-order valence-corrected chi connectivity index (χ3v) is 5.77. The van der Waals surface area contributed by atoms with Crippen molar-refractivity contribution in [1.82, 2.24) is 9.97 Å². The molecule has 2 aromatic rings. The molecule has 0 aliphatic rings. The van der Waals surface area contributed by atoms with Crippen LogP contribution in [0.2, 0.25) is 0 Å². The smallest absolute Gasteiger partial charge is 0.254 e. The summed E-state index contributed by atoms with van der Waals surface area (Å²) in [6.45, 7) is 13.3. The van der Waals surface area contributed by atoms with Crippen LogP contribution in [-0.2, 0) is 4.79 Å². The van der Waals surface area contributed by atoms with E-state index in [1.165, 1.54) is 0 Å². The lowest BCUT2D eigenvalue weighted by atomic mass is 9.93. The van der Waals surface area contributed by atoms with Crippen molar-refractivity contribution in [3.63, 3.8) is 0 Å². The zero-order valence-electron chi connectivity index (χ0n) is 20.6. The van der Waals surface area contributed by atoms with Gasteiger partial charge in [-0.15, -0.1) is 0 Å². The fourth-order valence-corrected chi connectivity index (χ4v) is 4.23. The first-order chi connectivity index (χ1) is 15.5. The molecule has 2 rings (SSSR count). The van der Waals surface area contributed by atoms with Gasteiger partial charge in [-0.05, 0) is 59.2 Å². The van der Waals surface area contributed by atoms with Crippen LogP contribution in [0.15, 0.2) is 23.0 Å². The summed E-state index contributed by atoms with van der Waals surface area (Å²) < 4.78 is 5.82. The van der Waals surface area contributed by atoms with Crippen LogP contribution in [0.5, 0.6) is 5.75 Å². The number of aromatic nitrogens is 2. The predicted octanol–water partition coefficient (Wildman–Crippen LogP) is 5.22. The molecule has 0 atom stereocenters. The molecule has 0 saturated carbocycles. The highest BCUT2D eigenvalue weighted by molar-refractivity contribution is 7.80. The zero-order chi connectivity index (χ0) is 24.9.